The predicted molar refractivity (Wildman–Crippen MR) is 88.4 cm³/mol. The highest BCUT2D eigenvalue weighted by Gasteiger charge is 2.15. The van der Waals surface area contributed by atoms with Crippen LogP contribution in [0.25, 0.3) is 10.9 Å². The van der Waals surface area contributed by atoms with Crippen molar-refractivity contribution in [3.63, 3.8) is 0 Å². The molecule has 0 aliphatic rings. The van der Waals surface area contributed by atoms with Gasteiger partial charge in [0.15, 0.2) is 0 Å². The Kier molecular flexibility index (Phi) is 4.46. The summed E-state index contributed by atoms with van der Waals surface area (Å²) in [6.07, 6.45) is 0.138. The first kappa shape index (κ1) is 16.0. The minimum atomic E-state index is -2.95. The summed E-state index contributed by atoms with van der Waals surface area (Å²) in [6.45, 7) is -1.05. The number of aromatic nitrogens is 1. The second-order valence-electron chi connectivity index (χ2n) is 5.37. The molecule has 0 radical (unpaired) electrons. The SMILES string of the molecule is Cc1[nH]c2ccccc2c1CC(=O)Nc1ccccc1OC(F)F. The van der Waals surface area contributed by atoms with Crippen LogP contribution in [-0.4, -0.2) is 17.5 Å². The molecule has 0 atom stereocenters. The van der Waals surface area contributed by atoms with Crippen LogP contribution in [0.3, 0.4) is 0 Å². The number of aromatic amines is 1. The van der Waals surface area contributed by atoms with Crippen molar-refractivity contribution in [2.45, 2.75) is 20.0 Å². The van der Waals surface area contributed by atoms with Gasteiger partial charge in [-0.15, -0.1) is 0 Å². The van der Waals surface area contributed by atoms with Crippen molar-refractivity contribution in [1.29, 1.82) is 0 Å². The van der Waals surface area contributed by atoms with Crippen molar-refractivity contribution >= 4 is 22.5 Å². The van der Waals surface area contributed by atoms with Gasteiger partial charge >= 0.3 is 6.61 Å². The van der Waals surface area contributed by atoms with Crippen LogP contribution in [0.2, 0.25) is 0 Å². The van der Waals surface area contributed by atoms with Gasteiger partial charge in [-0.05, 0) is 30.7 Å². The topological polar surface area (TPSA) is 54.1 Å². The number of carbonyl (C=O) groups is 1. The molecule has 0 aliphatic carbocycles. The number of para-hydroxylation sites is 3. The Morgan fingerprint density at radius 3 is 2.67 bits per heavy atom. The highest BCUT2D eigenvalue weighted by Crippen LogP contribution is 2.27. The molecule has 6 heteroatoms. The third-order valence-electron chi connectivity index (χ3n) is 3.74. The number of ether oxygens (including phenoxy) is 1. The van der Waals surface area contributed by atoms with Crippen LogP contribution >= 0.6 is 0 Å². The van der Waals surface area contributed by atoms with Gasteiger partial charge < -0.3 is 15.0 Å². The monoisotopic (exact) mass is 330 g/mol. The van der Waals surface area contributed by atoms with Crippen LogP contribution in [0.4, 0.5) is 14.5 Å². The van der Waals surface area contributed by atoms with E-state index in [-0.39, 0.29) is 23.8 Å². The second kappa shape index (κ2) is 6.70. The molecule has 0 saturated heterocycles. The number of benzene rings is 2. The van der Waals surface area contributed by atoms with E-state index < -0.39 is 6.61 Å². The Bertz CT molecular complexity index is 874. The molecule has 2 aromatic carbocycles. The van der Waals surface area contributed by atoms with E-state index in [2.05, 4.69) is 15.0 Å². The number of nitrogens with one attached hydrogen (secondary N) is 2. The summed E-state index contributed by atoms with van der Waals surface area (Å²) >= 11 is 0. The fourth-order valence-corrected chi connectivity index (χ4v) is 2.69. The Hall–Kier alpha value is -2.89. The van der Waals surface area contributed by atoms with Crippen molar-refractivity contribution < 1.29 is 18.3 Å². The normalized spacial score (nSPS) is 11.0. The maximum absolute atomic E-state index is 12.4. The van der Waals surface area contributed by atoms with Crippen molar-refractivity contribution in [2.24, 2.45) is 0 Å². The molecule has 0 saturated carbocycles. The van der Waals surface area contributed by atoms with Gasteiger partial charge in [0.1, 0.15) is 5.75 Å². The zero-order chi connectivity index (χ0) is 17.1. The molecule has 0 aliphatic heterocycles. The van der Waals surface area contributed by atoms with Gasteiger partial charge in [0.2, 0.25) is 5.91 Å². The molecule has 0 fully saturated rings. The van der Waals surface area contributed by atoms with Gasteiger partial charge in [0.05, 0.1) is 12.1 Å². The number of carbonyl (C=O) groups excluding carboxylic acids is 1. The number of amides is 1. The number of halogens is 2. The molecular weight excluding hydrogens is 314 g/mol. The third kappa shape index (κ3) is 3.37. The highest BCUT2D eigenvalue weighted by molar-refractivity contribution is 5.97. The fraction of sp³-hybridized carbons (Fsp3) is 0.167. The molecule has 2 N–H and O–H groups in total. The fourth-order valence-electron chi connectivity index (χ4n) is 2.69. The number of hydrogen-bond acceptors (Lipinski definition) is 2. The second-order valence-corrected chi connectivity index (χ2v) is 5.37. The van der Waals surface area contributed by atoms with Gasteiger partial charge in [0.25, 0.3) is 0 Å². The smallest absolute Gasteiger partial charge is 0.387 e. The maximum atomic E-state index is 12.4. The van der Waals surface area contributed by atoms with Crippen LogP contribution in [0.5, 0.6) is 5.75 Å². The number of H-pyrrole nitrogens is 1. The van der Waals surface area contributed by atoms with Crippen LogP contribution in [0, 0.1) is 6.92 Å². The minimum Gasteiger partial charge on any atom is -0.433 e. The lowest BCUT2D eigenvalue weighted by atomic mass is 10.1. The van der Waals surface area contributed by atoms with Gasteiger partial charge in [-0.2, -0.15) is 8.78 Å². The number of anilines is 1. The van der Waals surface area contributed by atoms with Gasteiger partial charge in [0, 0.05) is 16.6 Å². The summed E-state index contributed by atoms with van der Waals surface area (Å²) in [6, 6.07) is 13.8. The summed E-state index contributed by atoms with van der Waals surface area (Å²) < 4.78 is 29.3. The summed E-state index contributed by atoms with van der Waals surface area (Å²) in [4.78, 5) is 15.6. The molecule has 0 bridgehead atoms. The average Bonchev–Trinajstić information content (AvgIpc) is 2.85. The summed E-state index contributed by atoms with van der Waals surface area (Å²) in [7, 11) is 0. The van der Waals surface area contributed by atoms with Crippen LogP contribution < -0.4 is 10.1 Å². The number of fused-ring (bicyclic) bond motifs is 1. The Morgan fingerprint density at radius 1 is 1.17 bits per heavy atom. The van der Waals surface area contributed by atoms with E-state index in [0.717, 1.165) is 22.2 Å². The van der Waals surface area contributed by atoms with Crippen molar-refractivity contribution in [3.8, 4) is 5.75 Å². The zero-order valence-corrected chi connectivity index (χ0v) is 13.0. The van der Waals surface area contributed by atoms with Crippen LogP contribution in [0.15, 0.2) is 48.5 Å². The van der Waals surface area contributed by atoms with Crippen LogP contribution in [0.1, 0.15) is 11.3 Å². The Morgan fingerprint density at radius 2 is 1.88 bits per heavy atom. The third-order valence-corrected chi connectivity index (χ3v) is 3.74. The van der Waals surface area contributed by atoms with Crippen molar-refractivity contribution in [3.05, 3.63) is 59.8 Å². The molecule has 24 heavy (non-hydrogen) atoms. The number of rotatable bonds is 5. The first-order chi connectivity index (χ1) is 11.5. The molecule has 0 unspecified atom stereocenters. The Labute approximate surface area is 137 Å². The lowest BCUT2D eigenvalue weighted by molar-refractivity contribution is -0.115. The van der Waals surface area contributed by atoms with Crippen molar-refractivity contribution in [1.82, 2.24) is 4.98 Å². The molecule has 1 heterocycles. The van der Waals surface area contributed by atoms with E-state index in [1.165, 1.54) is 12.1 Å². The lowest BCUT2D eigenvalue weighted by Crippen LogP contribution is -2.16. The van der Waals surface area contributed by atoms with Gasteiger partial charge in [-0.1, -0.05) is 30.3 Å². The molecule has 3 rings (SSSR count). The summed E-state index contributed by atoms with van der Waals surface area (Å²) in [5.41, 5.74) is 2.97. The van der Waals surface area contributed by atoms with E-state index in [0.29, 0.717) is 0 Å². The Balaban J connectivity index is 1.80. The lowest BCUT2D eigenvalue weighted by Gasteiger charge is -2.11. The van der Waals surface area contributed by atoms with Crippen molar-refractivity contribution in [2.75, 3.05) is 5.32 Å². The number of alkyl halides is 2. The summed E-state index contributed by atoms with van der Waals surface area (Å²) in [5, 5.41) is 3.61. The standard InChI is InChI=1S/C18H16F2N2O2/c1-11-13(12-6-2-3-7-14(12)21-11)10-17(23)22-15-8-4-5-9-16(15)24-18(19)20/h2-9,18,21H,10H2,1H3,(H,22,23). The molecule has 0 spiro atoms. The molecular formula is C18H16F2N2O2. The maximum Gasteiger partial charge on any atom is 0.387 e. The first-order valence-electron chi connectivity index (χ1n) is 7.44. The molecule has 4 nitrogen and oxygen atoms in total. The molecule has 124 valence electrons. The van der Waals surface area contributed by atoms with Crippen LogP contribution in [-0.2, 0) is 11.2 Å². The van der Waals surface area contributed by atoms with E-state index in [1.807, 2.05) is 31.2 Å². The van der Waals surface area contributed by atoms with E-state index >= 15 is 0 Å². The minimum absolute atomic E-state index is 0.0588. The van der Waals surface area contributed by atoms with Gasteiger partial charge in [-0.3, -0.25) is 4.79 Å². The number of hydrogen-bond donors (Lipinski definition) is 2. The van der Waals surface area contributed by atoms with E-state index in [4.69, 9.17) is 0 Å². The first-order valence-corrected chi connectivity index (χ1v) is 7.44. The average molecular weight is 330 g/mol. The quantitative estimate of drug-likeness (QED) is 0.734. The predicted octanol–water partition coefficient (Wildman–Crippen LogP) is 4.26. The zero-order valence-electron chi connectivity index (χ0n) is 13.0. The van der Waals surface area contributed by atoms with E-state index in [1.54, 1.807) is 12.1 Å². The molecule has 1 aromatic heterocycles. The number of aryl methyl sites for hydroxylation is 1. The highest BCUT2D eigenvalue weighted by atomic mass is 19.3. The molecule has 1 amide bonds. The van der Waals surface area contributed by atoms with Gasteiger partial charge in [-0.25, -0.2) is 0 Å². The summed E-state index contributed by atoms with van der Waals surface area (Å²) in [5.74, 6) is -0.357. The van der Waals surface area contributed by atoms with E-state index in [9.17, 15) is 13.6 Å². The molecule has 3 aromatic rings. The largest absolute Gasteiger partial charge is 0.433 e.